The molecule has 2 nitrogen and oxygen atoms in total. The standard InChI is InChI=1S/C17H24F2N2/c1-12-8-17(12)20-10-13-4-6-21(7-5-13)11-14-2-3-15(18)9-16(14)19/h2-3,9,12-13,17,20H,4-8,10-11H2,1H3/t12-,17-/m1/s1. The van der Waals surface area contributed by atoms with E-state index in [0.29, 0.717) is 12.1 Å². The Morgan fingerprint density at radius 1 is 1.24 bits per heavy atom. The van der Waals surface area contributed by atoms with Crippen LogP contribution in [0.2, 0.25) is 0 Å². The molecule has 0 radical (unpaired) electrons. The van der Waals surface area contributed by atoms with E-state index in [1.165, 1.54) is 12.5 Å². The van der Waals surface area contributed by atoms with Crippen molar-refractivity contribution in [3.63, 3.8) is 0 Å². The van der Waals surface area contributed by atoms with Crippen molar-refractivity contribution >= 4 is 0 Å². The average Bonchev–Trinajstić information content (AvgIpc) is 3.17. The predicted octanol–water partition coefficient (Wildman–Crippen LogP) is 3.17. The monoisotopic (exact) mass is 294 g/mol. The smallest absolute Gasteiger partial charge is 0.130 e. The lowest BCUT2D eigenvalue weighted by Crippen LogP contribution is -2.37. The normalized spacial score (nSPS) is 27.0. The van der Waals surface area contributed by atoms with E-state index in [1.54, 1.807) is 6.07 Å². The number of piperidine rings is 1. The van der Waals surface area contributed by atoms with E-state index >= 15 is 0 Å². The van der Waals surface area contributed by atoms with Gasteiger partial charge < -0.3 is 5.32 Å². The van der Waals surface area contributed by atoms with Crippen molar-refractivity contribution in [1.82, 2.24) is 10.2 Å². The van der Waals surface area contributed by atoms with Crippen LogP contribution in [0.5, 0.6) is 0 Å². The third-order valence-electron chi connectivity index (χ3n) is 4.89. The lowest BCUT2D eigenvalue weighted by Gasteiger charge is -2.32. The molecule has 1 heterocycles. The minimum absolute atomic E-state index is 0.429. The highest BCUT2D eigenvalue weighted by Crippen LogP contribution is 2.29. The van der Waals surface area contributed by atoms with Gasteiger partial charge in [0, 0.05) is 24.2 Å². The first kappa shape index (κ1) is 14.9. The Kier molecular flexibility index (Phi) is 4.55. The molecule has 0 amide bonds. The Morgan fingerprint density at radius 3 is 2.57 bits per heavy atom. The van der Waals surface area contributed by atoms with Gasteiger partial charge in [-0.15, -0.1) is 0 Å². The number of benzene rings is 1. The second-order valence-corrected chi connectivity index (χ2v) is 6.68. The van der Waals surface area contributed by atoms with Gasteiger partial charge in [0.2, 0.25) is 0 Å². The highest BCUT2D eigenvalue weighted by molar-refractivity contribution is 5.18. The van der Waals surface area contributed by atoms with Gasteiger partial charge in [0.25, 0.3) is 0 Å². The van der Waals surface area contributed by atoms with Crippen molar-refractivity contribution in [2.45, 2.75) is 38.8 Å². The van der Waals surface area contributed by atoms with Gasteiger partial charge in [-0.3, -0.25) is 4.90 Å². The summed E-state index contributed by atoms with van der Waals surface area (Å²) >= 11 is 0. The van der Waals surface area contributed by atoms with Crippen molar-refractivity contribution in [1.29, 1.82) is 0 Å². The zero-order chi connectivity index (χ0) is 14.8. The number of nitrogens with one attached hydrogen (secondary N) is 1. The number of hydrogen-bond acceptors (Lipinski definition) is 2. The zero-order valence-electron chi connectivity index (χ0n) is 12.6. The van der Waals surface area contributed by atoms with Crippen molar-refractivity contribution in [3.8, 4) is 0 Å². The van der Waals surface area contributed by atoms with E-state index in [-0.39, 0.29) is 0 Å². The maximum absolute atomic E-state index is 13.7. The summed E-state index contributed by atoms with van der Waals surface area (Å²) in [7, 11) is 0. The molecule has 1 aromatic rings. The first-order valence-corrected chi connectivity index (χ1v) is 8.01. The molecule has 21 heavy (non-hydrogen) atoms. The van der Waals surface area contributed by atoms with E-state index in [1.807, 2.05) is 0 Å². The van der Waals surface area contributed by atoms with Gasteiger partial charge in [0.1, 0.15) is 11.6 Å². The van der Waals surface area contributed by atoms with Crippen molar-refractivity contribution in [2.24, 2.45) is 11.8 Å². The van der Waals surface area contributed by atoms with E-state index in [2.05, 4.69) is 17.1 Å². The molecule has 2 atom stereocenters. The second-order valence-electron chi connectivity index (χ2n) is 6.68. The predicted molar refractivity (Wildman–Crippen MR) is 79.9 cm³/mol. The third kappa shape index (κ3) is 4.01. The first-order valence-electron chi connectivity index (χ1n) is 8.01. The average molecular weight is 294 g/mol. The fourth-order valence-corrected chi connectivity index (χ4v) is 3.16. The minimum atomic E-state index is -0.504. The largest absolute Gasteiger partial charge is 0.313 e. The second kappa shape index (κ2) is 6.41. The van der Waals surface area contributed by atoms with Gasteiger partial charge in [-0.05, 0) is 56.8 Å². The minimum Gasteiger partial charge on any atom is -0.313 e. The molecule has 2 aliphatic rings. The molecule has 0 aromatic heterocycles. The summed E-state index contributed by atoms with van der Waals surface area (Å²) in [4.78, 5) is 2.27. The topological polar surface area (TPSA) is 15.3 Å². The SMILES string of the molecule is C[C@@H]1C[C@H]1NCC1CCN(Cc2ccc(F)cc2F)CC1. The number of hydrogen-bond donors (Lipinski definition) is 1. The van der Waals surface area contributed by atoms with Crippen LogP contribution >= 0.6 is 0 Å². The number of halogens is 2. The van der Waals surface area contributed by atoms with Crippen molar-refractivity contribution < 1.29 is 8.78 Å². The Balaban J connectivity index is 1.42. The van der Waals surface area contributed by atoms with Gasteiger partial charge in [-0.2, -0.15) is 0 Å². The molecule has 0 bridgehead atoms. The summed E-state index contributed by atoms with van der Waals surface area (Å²) in [5, 5.41) is 3.64. The van der Waals surface area contributed by atoms with Crippen LogP contribution in [0.1, 0.15) is 31.7 Å². The van der Waals surface area contributed by atoms with E-state index in [9.17, 15) is 8.78 Å². The molecule has 3 rings (SSSR count). The molecule has 1 aromatic carbocycles. The number of rotatable bonds is 5. The quantitative estimate of drug-likeness (QED) is 0.897. The Labute approximate surface area is 125 Å². The number of nitrogens with zero attached hydrogens (tertiary/aromatic N) is 1. The van der Waals surface area contributed by atoms with Gasteiger partial charge in [-0.1, -0.05) is 13.0 Å². The van der Waals surface area contributed by atoms with Gasteiger partial charge >= 0.3 is 0 Å². The van der Waals surface area contributed by atoms with Crippen LogP contribution in [-0.2, 0) is 6.54 Å². The lowest BCUT2D eigenvalue weighted by atomic mass is 9.96. The molecule has 1 aliphatic heterocycles. The van der Waals surface area contributed by atoms with Crippen LogP contribution in [0.4, 0.5) is 8.78 Å². The van der Waals surface area contributed by atoms with Crippen LogP contribution in [-0.4, -0.2) is 30.6 Å². The fraction of sp³-hybridized carbons (Fsp3) is 0.647. The molecule has 1 aliphatic carbocycles. The molecule has 1 saturated heterocycles. The molecule has 116 valence electrons. The maximum atomic E-state index is 13.7. The molecule has 0 unspecified atom stereocenters. The van der Waals surface area contributed by atoms with Gasteiger partial charge in [-0.25, -0.2) is 8.78 Å². The maximum Gasteiger partial charge on any atom is 0.130 e. The molecule has 2 fully saturated rings. The van der Waals surface area contributed by atoms with Gasteiger partial charge in [0.05, 0.1) is 0 Å². The van der Waals surface area contributed by atoms with E-state index in [0.717, 1.165) is 56.4 Å². The van der Waals surface area contributed by atoms with Crippen molar-refractivity contribution in [3.05, 3.63) is 35.4 Å². The summed E-state index contributed by atoms with van der Waals surface area (Å²) in [5.41, 5.74) is 0.597. The number of likely N-dealkylation sites (tertiary alicyclic amines) is 1. The summed E-state index contributed by atoms with van der Waals surface area (Å²) in [6, 6.07) is 4.62. The molecule has 4 heteroatoms. The van der Waals surface area contributed by atoms with Crippen LogP contribution in [0.15, 0.2) is 18.2 Å². The summed E-state index contributed by atoms with van der Waals surface area (Å²) in [6.45, 7) is 6.00. The van der Waals surface area contributed by atoms with Crippen molar-refractivity contribution in [2.75, 3.05) is 19.6 Å². The molecular formula is C17H24F2N2. The zero-order valence-corrected chi connectivity index (χ0v) is 12.6. The Hall–Kier alpha value is -1.00. The molecular weight excluding hydrogens is 270 g/mol. The first-order chi connectivity index (χ1) is 10.1. The van der Waals surface area contributed by atoms with E-state index in [4.69, 9.17) is 0 Å². The van der Waals surface area contributed by atoms with Crippen LogP contribution in [0, 0.1) is 23.5 Å². The van der Waals surface area contributed by atoms with Crippen LogP contribution < -0.4 is 5.32 Å². The Morgan fingerprint density at radius 2 is 1.95 bits per heavy atom. The summed E-state index contributed by atoms with van der Waals surface area (Å²) in [6.07, 6.45) is 3.65. The third-order valence-corrected chi connectivity index (χ3v) is 4.89. The van der Waals surface area contributed by atoms with E-state index < -0.39 is 11.6 Å². The lowest BCUT2D eigenvalue weighted by molar-refractivity contribution is 0.173. The van der Waals surface area contributed by atoms with Crippen LogP contribution in [0.3, 0.4) is 0 Å². The fourth-order valence-electron chi connectivity index (χ4n) is 3.16. The highest BCUT2D eigenvalue weighted by atomic mass is 19.1. The summed E-state index contributed by atoms with van der Waals surface area (Å²) < 4.78 is 26.6. The van der Waals surface area contributed by atoms with Crippen LogP contribution in [0.25, 0.3) is 0 Å². The Bertz CT molecular complexity index is 484. The van der Waals surface area contributed by atoms with Gasteiger partial charge in [0.15, 0.2) is 0 Å². The summed E-state index contributed by atoms with van der Waals surface area (Å²) in [5.74, 6) is 0.663. The highest BCUT2D eigenvalue weighted by Gasteiger charge is 2.32. The molecule has 1 saturated carbocycles. The molecule has 1 N–H and O–H groups in total. The molecule has 0 spiro atoms.